The fourth-order valence-electron chi connectivity index (χ4n) is 4.33. The number of benzene rings is 4. The van der Waals surface area contributed by atoms with Crippen molar-refractivity contribution < 1.29 is 14.3 Å². The average molecular weight is 526 g/mol. The molecule has 1 aromatic heterocycles. The number of Topliss-reactive ketones (excluding diaryl/α,β-unsaturated/α-hetero) is 1. The van der Waals surface area contributed by atoms with E-state index < -0.39 is 5.97 Å². The zero-order valence-electron chi connectivity index (χ0n) is 20.2. The molecule has 37 heavy (non-hydrogen) atoms. The number of nitrogens with zero attached hydrogens (tertiary/aromatic N) is 1. The Kier molecular flexibility index (Phi) is 7.45. The maximum atomic E-state index is 13.4. The van der Waals surface area contributed by atoms with Crippen LogP contribution in [0.2, 0.25) is 5.02 Å². The molecule has 0 unspecified atom stereocenters. The summed E-state index contributed by atoms with van der Waals surface area (Å²) in [6, 6.07) is 32.5. The highest BCUT2D eigenvalue weighted by Crippen LogP contribution is 2.33. The highest BCUT2D eigenvalue weighted by molar-refractivity contribution is 7.98. The number of thioether (sulfide) groups is 1. The Hall–Kier alpha value is -3.80. The Morgan fingerprint density at radius 1 is 0.838 bits per heavy atom. The average Bonchev–Trinajstić information content (AvgIpc) is 3.24. The standard InChI is InChI=1S/C31H24ClNO3S/c1-33-27-10-6-5-9-26(27)29(30(33)22-7-3-2-4-8-22)28(34)19-36-31(35)23-13-11-21(12-14-23)20-37-25-17-15-24(32)16-18-25/h2-18H,19-20H2,1H3. The van der Waals surface area contributed by atoms with Gasteiger partial charge in [0.15, 0.2) is 6.61 Å². The van der Waals surface area contributed by atoms with Crippen LogP contribution in [0.15, 0.2) is 108 Å². The molecule has 0 aliphatic rings. The minimum atomic E-state index is -0.522. The summed E-state index contributed by atoms with van der Waals surface area (Å²) in [5.74, 6) is 0.00504. The first kappa shape index (κ1) is 24.9. The van der Waals surface area contributed by atoms with Crippen LogP contribution in [-0.4, -0.2) is 22.9 Å². The zero-order valence-corrected chi connectivity index (χ0v) is 21.8. The zero-order chi connectivity index (χ0) is 25.8. The van der Waals surface area contributed by atoms with E-state index >= 15 is 0 Å². The van der Waals surface area contributed by atoms with Gasteiger partial charge in [0.25, 0.3) is 0 Å². The van der Waals surface area contributed by atoms with Crippen molar-refractivity contribution >= 4 is 46.0 Å². The van der Waals surface area contributed by atoms with Crippen LogP contribution in [0, 0.1) is 0 Å². The molecule has 4 nitrogen and oxygen atoms in total. The molecule has 0 N–H and O–H groups in total. The number of halogens is 1. The number of hydrogen-bond donors (Lipinski definition) is 0. The van der Waals surface area contributed by atoms with Crippen LogP contribution in [0.3, 0.4) is 0 Å². The van der Waals surface area contributed by atoms with Crippen molar-refractivity contribution in [1.29, 1.82) is 0 Å². The van der Waals surface area contributed by atoms with Crippen molar-refractivity contribution in [3.8, 4) is 11.3 Å². The molecular formula is C31H24ClNO3S. The summed E-state index contributed by atoms with van der Waals surface area (Å²) in [5, 5.41) is 1.55. The van der Waals surface area contributed by atoms with E-state index in [2.05, 4.69) is 0 Å². The summed E-state index contributed by atoms with van der Waals surface area (Å²) in [6.07, 6.45) is 0. The summed E-state index contributed by atoms with van der Waals surface area (Å²) in [5.41, 5.74) is 4.74. The number of aryl methyl sites for hydroxylation is 1. The first-order chi connectivity index (χ1) is 18.0. The van der Waals surface area contributed by atoms with E-state index in [9.17, 15) is 9.59 Å². The minimum Gasteiger partial charge on any atom is -0.454 e. The Labute approximate surface area is 224 Å². The molecule has 184 valence electrons. The molecule has 5 rings (SSSR count). The summed E-state index contributed by atoms with van der Waals surface area (Å²) in [6.45, 7) is -0.332. The molecular weight excluding hydrogens is 502 g/mol. The van der Waals surface area contributed by atoms with Crippen molar-refractivity contribution in [1.82, 2.24) is 4.57 Å². The molecule has 0 bridgehead atoms. The number of hydrogen-bond acceptors (Lipinski definition) is 4. The van der Waals surface area contributed by atoms with Gasteiger partial charge < -0.3 is 9.30 Å². The molecule has 0 radical (unpaired) electrons. The summed E-state index contributed by atoms with van der Waals surface area (Å²) in [7, 11) is 1.94. The lowest BCUT2D eigenvalue weighted by Crippen LogP contribution is -2.15. The predicted molar refractivity (Wildman–Crippen MR) is 150 cm³/mol. The van der Waals surface area contributed by atoms with Gasteiger partial charge in [-0.3, -0.25) is 4.79 Å². The number of esters is 1. The summed E-state index contributed by atoms with van der Waals surface area (Å²) in [4.78, 5) is 27.2. The van der Waals surface area contributed by atoms with Gasteiger partial charge >= 0.3 is 5.97 Å². The lowest BCUT2D eigenvalue weighted by molar-refractivity contribution is 0.0475. The number of ketones is 1. The van der Waals surface area contributed by atoms with Crippen molar-refractivity contribution in [3.05, 3.63) is 125 Å². The lowest BCUT2D eigenvalue weighted by atomic mass is 10.0. The van der Waals surface area contributed by atoms with Crippen LogP contribution < -0.4 is 0 Å². The molecule has 0 saturated heterocycles. The maximum absolute atomic E-state index is 13.4. The Balaban J connectivity index is 1.28. The minimum absolute atomic E-state index is 0.236. The first-order valence-corrected chi connectivity index (χ1v) is 13.2. The third-order valence-corrected chi connectivity index (χ3v) is 7.51. The Morgan fingerprint density at radius 2 is 1.51 bits per heavy atom. The lowest BCUT2D eigenvalue weighted by Gasteiger charge is -2.09. The SMILES string of the molecule is Cn1c(-c2ccccc2)c(C(=O)COC(=O)c2ccc(CSc3ccc(Cl)cc3)cc2)c2ccccc21. The molecule has 0 aliphatic heterocycles. The molecule has 0 spiro atoms. The smallest absolute Gasteiger partial charge is 0.338 e. The third kappa shape index (κ3) is 5.48. The van der Waals surface area contributed by atoms with E-state index in [0.717, 1.165) is 38.4 Å². The highest BCUT2D eigenvalue weighted by atomic mass is 35.5. The largest absolute Gasteiger partial charge is 0.454 e. The van der Waals surface area contributed by atoms with Crippen LogP contribution in [0.1, 0.15) is 26.3 Å². The second-order valence-corrected chi connectivity index (χ2v) is 10.1. The number of carbonyl (C=O) groups is 2. The second kappa shape index (κ2) is 11.1. The van der Waals surface area contributed by atoms with Gasteiger partial charge in [-0.05, 0) is 53.6 Å². The predicted octanol–water partition coefficient (Wildman–Crippen LogP) is 7.83. The fourth-order valence-corrected chi connectivity index (χ4v) is 5.31. The molecule has 6 heteroatoms. The van der Waals surface area contributed by atoms with Gasteiger partial charge in [-0.2, -0.15) is 0 Å². The van der Waals surface area contributed by atoms with Gasteiger partial charge in [0.1, 0.15) is 0 Å². The van der Waals surface area contributed by atoms with Crippen molar-refractivity contribution in [3.63, 3.8) is 0 Å². The van der Waals surface area contributed by atoms with Crippen LogP contribution in [-0.2, 0) is 17.5 Å². The molecule has 0 atom stereocenters. The number of ether oxygens (including phenoxy) is 1. The van der Waals surface area contributed by atoms with Gasteiger partial charge in [0.05, 0.1) is 16.8 Å². The number of rotatable bonds is 8. The number of fused-ring (bicyclic) bond motifs is 1. The molecule has 5 aromatic rings. The van der Waals surface area contributed by atoms with Crippen molar-refractivity contribution in [2.45, 2.75) is 10.6 Å². The quantitative estimate of drug-likeness (QED) is 0.118. The van der Waals surface area contributed by atoms with Gasteiger partial charge in [-0.1, -0.05) is 72.3 Å². The van der Waals surface area contributed by atoms with Gasteiger partial charge in [-0.25, -0.2) is 4.79 Å². The summed E-state index contributed by atoms with van der Waals surface area (Å²) >= 11 is 7.63. The molecule has 1 heterocycles. The topological polar surface area (TPSA) is 48.3 Å². The highest BCUT2D eigenvalue weighted by Gasteiger charge is 2.23. The van der Waals surface area contributed by atoms with Crippen molar-refractivity contribution in [2.24, 2.45) is 7.05 Å². The van der Waals surface area contributed by atoms with E-state index in [1.807, 2.05) is 103 Å². The molecule has 0 fully saturated rings. The van der Waals surface area contributed by atoms with E-state index in [1.165, 1.54) is 0 Å². The van der Waals surface area contributed by atoms with E-state index in [0.29, 0.717) is 16.1 Å². The normalized spacial score (nSPS) is 11.0. The number of para-hydroxylation sites is 1. The fraction of sp³-hybridized carbons (Fsp3) is 0.0968. The monoisotopic (exact) mass is 525 g/mol. The molecule has 0 aliphatic carbocycles. The number of aromatic nitrogens is 1. The molecule has 0 saturated carbocycles. The third-order valence-electron chi connectivity index (χ3n) is 6.18. The Morgan fingerprint density at radius 3 is 2.24 bits per heavy atom. The molecule has 0 amide bonds. The van der Waals surface area contributed by atoms with Gasteiger partial charge in [-0.15, -0.1) is 11.8 Å². The van der Waals surface area contributed by atoms with Crippen LogP contribution in [0.5, 0.6) is 0 Å². The first-order valence-electron chi connectivity index (χ1n) is 11.8. The summed E-state index contributed by atoms with van der Waals surface area (Å²) < 4.78 is 7.47. The Bertz CT molecular complexity index is 1560. The van der Waals surface area contributed by atoms with E-state index in [1.54, 1.807) is 23.9 Å². The second-order valence-electron chi connectivity index (χ2n) is 8.60. The van der Waals surface area contributed by atoms with Crippen LogP contribution >= 0.6 is 23.4 Å². The maximum Gasteiger partial charge on any atom is 0.338 e. The van der Waals surface area contributed by atoms with Gasteiger partial charge in [0.2, 0.25) is 5.78 Å². The van der Waals surface area contributed by atoms with E-state index in [-0.39, 0.29) is 12.4 Å². The van der Waals surface area contributed by atoms with Crippen LogP contribution in [0.4, 0.5) is 0 Å². The van der Waals surface area contributed by atoms with Gasteiger partial charge in [0, 0.05) is 33.6 Å². The number of carbonyl (C=O) groups excluding carboxylic acids is 2. The van der Waals surface area contributed by atoms with Crippen molar-refractivity contribution in [2.75, 3.05) is 6.61 Å². The molecule has 4 aromatic carbocycles. The van der Waals surface area contributed by atoms with E-state index in [4.69, 9.17) is 16.3 Å². The van der Waals surface area contributed by atoms with Crippen LogP contribution in [0.25, 0.3) is 22.2 Å².